The zero-order chi connectivity index (χ0) is 15.0. The lowest BCUT2D eigenvalue weighted by Crippen LogP contribution is -2.26. The van der Waals surface area contributed by atoms with E-state index >= 15 is 0 Å². The Labute approximate surface area is 117 Å². The average Bonchev–Trinajstić information content (AvgIpc) is 2.38. The Bertz CT molecular complexity index is 522. The third kappa shape index (κ3) is 5.69. The van der Waals surface area contributed by atoms with Crippen molar-refractivity contribution in [3.8, 4) is 0 Å². The van der Waals surface area contributed by atoms with Gasteiger partial charge in [0.05, 0.1) is 0 Å². The van der Waals surface area contributed by atoms with Crippen molar-refractivity contribution in [2.24, 2.45) is 0 Å². The van der Waals surface area contributed by atoms with Gasteiger partial charge >= 0.3 is 5.97 Å². The normalized spacial score (nSPS) is 10.2. The quantitative estimate of drug-likeness (QED) is 0.693. The standard InChI is InChI=1S/C14H20N2O4/c1-11-5-2-7-13(18)16(11)10-4-6-12(17)15-9-3-8-14(19)20/h2,5,7H,3-4,6,8-10H2,1H3,(H,15,17)(H,19,20). The molecular formula is C14H20N2O4. The molecule has 0 aliphatic carbocycles. The molecule has 6 nitrogen and oxygen atoms in total. The van der Waals surface area contributed by atoms with Gasteiger partial charge < -0.3 is 15.0 Å². The van der Waals surface area contributed by atoms with Gasteiger partial charge in [0, 0.05) is 37.7 Å². The Balaban J connectivity index is 2.25. The van der Waals surface area contributed by atoms with E-state index in [4.69, 9.17) is 5.11 Å². The van der Waals surface area contributed by atoms with Crippen LogP contribution in [0, 0.1) is 6.92 Å². The molecule has 0 aliphatic heterocycles. The van der Waals surface area contributed by atoms with Crippen LogP contribution in [0.4, 0.5) is 0 Å². The number of aromatic nitrogens is 1. The zero-order valence-corrected chi connectivity index (χ0v) is 11.6. The maximum atomic E-state index is 11.6. The first kappa shape index (κ1) is 15.9. The first-order valence-corrected chi connectivity index (χ1v) is 6.65. The summed E-state index contributed by atoms with van der Waals surface area (Å²) in [5, 5.41) is 11.1. The Morgan fingerprint density at radius 3 is 2.65 bits per heavy atom. The molecule has 110 valence electrons. The van der Waals surface area contributed by atoms with Crippen LogP contribution in [0.3, 0.4) is 0 Å². The maximum Gasteiger partial charge on any atom is 0.303 e. The number of hydrogen-bond donors (Lipinski definition) is 2. The largest absolute Gasteiger partial charge is 0.481 e. The molecule has 0 atom stereocenters. The van der Waals surface area contributed by atoms with Gasteiger partial charge in [-0.3, -0.25) is 14.4 Å². The Morgan fingerprint density at radius 2 is 2.00 bits per heavy atom. The second-order valence-electron chi connectivity index (χ2n) is 4.61. The van der Waals surface area contributed by atoms with Crippen molar-refractivity contribution in [1.29, 1.82) is 0 Å². The molecular weight excluding hydrogens is 260 g/mol. The number of carbonyl (C=O) groups is 2. The van der Waals surface area contributed by atoms with Crippen LogP contribution in [0.2, 0.25) is 0 Å². The lowest BCUT2D eigenvalue weighted by atomic mass is 10.2. The molecule has 1 amide bonds. The highest BCUT2D eigenvalue weighted by Crippen LogP contribution is 1.98. The smallest absolute Gasteiger partial charge is 0.303 e. The minimum absolute atomic E-state index is 0.0544. The van der Waals surface area contributed by atoms with Gasteiger partial charge in [-0.05, 0) is 25.8 Å². The van der Waals surface area contributed by atoms with E-state index in [1.807, 2.05) is 13.0 Å². The number of hydrogen-bond acceptors (Lipinski definition) is 3. The molecule has 0 fully saturated rings. The molecule has 0 saturated heterocycles. The summed E-state index contributed by atoms with van der Waals surface area (Å²) in [4.78, 5) is 33.4. The van der Waals surface area contributed by atoms with Crippen molar-refractivity contribution in [2.45, 2.75) is 39.2 Å². The molecule has 1 heterocycles. The van der Waals surface area contributed by atoms with Crippen molar-refractivity contribution in [3.05, 3.63) is 34.2 Å². The monoisotopic (exact) mass is 280 g/mol. The fraction of sp³-hybridized carbons (Fsp3) is 0.500. The number of pyridine rings is 1. The zero-order valence-electron chi connectivity index (χ0n) is 11.6. The number of nitrogens with one attached hydrogen (secondary N) is 1. The molecule has 20 heavy (non-hydrogen) atoms. The molecule has 0 bridgehead atoms. The lowest BCUT2D eigenvalue weighted by molar-refractivity contribution is -0.137. The van der Waals surface area contributed by atoms with Crippen molar-refractivity contribution < 1.29 is 14.7 Å². The third-order valence-electron chi connectivity index (χ3n) is 2.94. The van der Waals surface area contributed by atoms with Gasteiger partial charge in [-0.15, -0.1) is 0 Å². The molecule has 0 unspecified atom stereocenters. The van der Waals surface area contributed by atoms with E-state index in [1.54, 1.807) is 10.6 Å². The number of carboxylic acids is 1. The Morgan fingerprint density at radius 1 is 1.25 bits per heavy atom. The highest BCUT2D eigenvalue weighted by Gasteiger charge is 2.04. The van der Waals surface area contributed by atoms with Gasteiger partial charge in [0.25, 0.3) is 5.56 Å². The minimum Gasteiger partial charge on any atom is -0.481 e. The lowest BCUT2D eigenvalue weighted by Gasteiger charge is -2.09. The van der Waals surface area contributed by atoms with Crippen LogP contribution in [-0.4, -0.2) is 28.1 Å². The highest BCUT2D eigenvalue weighted by atomic mass is 16.4. The van der Waals surface area contributed by atoms with E-state index in [0.29, 0.717) is 32.4 Å². The summed E-state index contributed by atoms with van der Waals surface area (Å²) in [6.45, 7) is 2.73. The molecule has 2 N–H and O–H groups in total. The predicted molar refractivity (Wildman–Crippen MR) is 74.6 cm³/mol. The van der Waals surface area contributed by atoms with E-state index in [0.717, 1.165) is 5.69 Å². The van der Waals surface area contributed by atoms with E-state index in [9.17, 15) is 14.4 Å². The molecule has 1 aromatic rings. The van der Waals surface area contributed by atoms with Crippen LogP contribution in [0.25, 0.3) is 0 Å². The second-order valence-corrected chi connectivity index (χ2v) is 4.61. The fourth-order valence-corrected chi connectivity index (χ4v) is 1.86. The summed E-state index contributed by atoms with van der Waals surface area (Å²) in [5.41, 5.74) is 0.811. The number of carboxylic acid groups (broad SMARTS) is 1. The first-order valence-electron chi connectivity index (χ1n) is 6.65. The molecule has 0 aromatic carbocycles. The van der Waals surface area contributed by atoms with Crippen LogP contribution in [0.1, 0.15) is 31.4 Å². The first-order chi connectivity index (χ1) is 9.50. The van der Waals surface area contributed by atoms with Gasteiger partial charge in [-0.2, -0.15) is 0 Å². The second kappa shape index (κ2) is 8.14. The van der Waals surface area contributed by atoms with Crippen molar-refractivity contribution in [3.63, 3.8) is 0 Å². The summed E-state index contributed by atoms with van der Waals surface area (Å²) < 4.78 is 1.64. The van der Waals surface area contributed by atoms with Gasteiger partial charge in [0.1, 0.15) is 0 Å². The van der Waals surface area contributed by atoms with Crippen LogP contribution < -0.4 is 10.9 Å². The molecule has 0 spiro atoms. The summed E-state index contributed by atoms with van der Waals surface area (Å²) in [6.07, 6.45) is 1.39. The van der Waals surface area contributed by atoms with Crippen molar-refractivity contribution in [1.82, 2.24) is 9.88 Å². The Hall–Kier alpha value is -2.11. The SMILES string of the molecule is Cc1cccc(=O)n1CCCC(=O)NCCCC(=O)O. The van der Waals surface area contributed by atoms with E-state index in [1.165, 1.54) is 6.07 Å². The highest BCUT2D eigenvalue weighted by molar-refractivity contribution is 5.75. The van der Waals surface area contributed by atoms with Gasteiger partial charge in [-0.1, -0.05) is 6.07 Å². The summed E-state index contributed by atoms with van der Waals surface area (Å²) in [7, 11) is 0. The number of aryl methyl sites for hydroxylation is 1. The summed E-state index contributed by atoms with van der Waals surface area (Å²) in [5.74, 6) is -0.977. The third-order valence-corrected chi connectivity index (χ3v) is 2.94. The van der Waals surface area contributed by atoms with Gasteiger partial charge in [-0.25, -0.2) is 0 Å². The van der Waals surface area contributed by atoms with Crippen molar-refractivity contribution in [2.75, 3.05) is 6.54 Å². The van der Waals surface area contributed by atoms with Crippen LogP contribution in [0.15, 0.2) is 23.0 Å². The number of nitrogens with zero attached hydrogens (tertiary/aromatic N) is 1. The molecule has 1 rings (SSSR count). The number of rotatable bonds is 8. The predicted octanol–water partition coefficient (Wildman–Crippen LogP) is 0.918. The average molecular weight is 280 g/mol. The Kier molecular flexibility index (Phi) is 6.49. The molecule has 1 aromatic heterocycles. The van der Waals surface area contributed by atoms with E-state index in [2.05, 4.69) is 5.32 Å². The molecule has 0 radical (unpaired) electrons. The van der Waals surface area contributed by atoms with Crippen LogP contribution in [0.5, 0.6) is 0 Å². The van der Waals surface area contributed by atoms with Crippen molar-refractivity contribution >= 4 is 11.9 Å². The number of aliphatic carboxylic acids is 1. The molecule has 6 heteroatoms. The molecule has 0 saturated carbocycles. The van der Waals surface area contributed by atoms with Gasteiger partial charge in [0.2, 0.25) is 5.91 Å². The van der Waals surface area contributed by atoms with Crippen LogP contribution in [-0.2, 0) is 16.1 Å². The summed E-state index contributed by atoms with van der Waals surface area (Å²) >= 11 is 0. The van der Waals surface area contributed by atoms with E-state index in [-0.39, 0.29) is 17.9 Å². The molecule has 0 aliphatic rings. The van der Waals surface area contributed by atoms with Gasteiger partial charge in [0.15, 0.2) is 0 Å². The van der Waals surface area contributed by atoms with Crippen LogP contribution >= 0.6 is 0 Å². The summed E-state index contributed by atoms with van der Waals surface area (Å²) in [6, 6.07) is 5.07. The number of amides is 1. The minimum atomic E-state index is -0.863. The topological polar surface area (TPSA) is 88.4 Å². The number of carbonyl (C=O) groups excluding carboxylic acids is 1. The van der Waals surface area contributed by atoms with E-state index < -0.39 is 5.97 Å². The fourth-order valence-electron chi connectivity index (χ4n) is 1.86. The maximum absolute atomic E-state index is 11.6.